The van der Waals surface area contributed by atoms with Crippen LogP contribution in [0.1, 0.15) is 12.6 Å². The Balaban J connectivity index is 0.00000341. The largest absolute Gasteiger partial charge is 1.00 e. The van der Waals surface area contributed by atoms with Crippen molar-refractivity contribution in [1.82, 2.24) is 9.71 Å². The second-order valence-electron chi connectivity index (χ2n) is 6.20. The molecule has 0 atom stereocenters. The monoisotopic (exact) mass is 512 g/mol. The van der Waals surface area contributed by atoms with Gasteiger partial charge in [-0.1, -0.05) is 30.1 Å². The van der Waals surface area contributed by atoms with Gasteiger partial charge in [-0.05, 0) is 37.3 Å². The molecule has 2 aromatic carbocycles. The first-order chi connectivity index (χ1) is 13.9. The van der Waals surface area contributed by atoms with Gasteiger partial charge in [-0.3, -0.25) is 0 Å². The van der Waals surface area contributed by atoms with Crippen LogP contribution in [-0.2, 0) is 20.1 Å². The normalized spacial score (nSPS) is 12.4. The Hall–Kier alpha value is -1.02. The summed E-state index contributed by atoms with van der Waals surface area (Å²) >= 11 is 12.3. The van der Waals surface area contributed by atoms with Crippen LogP contribution in [0.3, 0.4) is 0 Å². The summed E-state index contributed by atoms with van der Waals surface area (Å²) < 4.78 is 60.3. The van der Waals surface area contributed by atoms with Crippen LogP contribution in [0.5, 0.6) is 0 Å². The van der Waals surface area contributed by atoms with E-state index in [0.717, 1.165) is 0 Å². The zero-order valence-corrected chi connectivity index (χ0v) is 21.7. The number of hydrogen-bond acceptors (Lipinski definition) is 7. The predicted octanol–water partition coefficient (Wildman–Crippen LogP) is 1.40. The SMILES string of the molecule is CCNS(=O)(=O)c1cc(Cl)c(N=Nc2c(C)[nH]c3cc(S(=O)(=O)[O-])ccc23)cc1Cl.[Na+]. The third-order valence-corrected chi connectivity index (χ3v) is 7.24. The minimum atomic E-state index is -4.59. The number of H-pyrrole nitrogens is 1. The first-order valence-electron chi connectivity index (χ1n) is 8.42. The van der Waals surface area contributed by atoms with Gasteiger partial charge < -0.3 is 9.54 Å². The number of hydrogen-bond donors (Lipinski definition) is 2. The standard InChI is InChI=1S/C17H16Cl2N4O5S2.Na/c1-3-20-29(24,25)16-8-12(18)15(7-13(16)19)22-23-17-9(2)21-14-6-10(30(26,27)28)4-5-11(14)17;/h4-8,20-21H,3H2,1-2H3,(H,26,27,28);/q;+1/p-1. The van der Waals surface area contributed by atoms with E-state index in [9.17, 15) is 21.4 Å². The molecule has 0 bridgehead atoms. The molecule has 2 N–H and O–H groups in total. The molecule has 0 saturated heterocycles. The number of nitrogens with one attached hydrogen (secondary N) is 2. The first kappa shape index (κ1) is 26.2. The number of nitrogens with zero attached hydrogens (tertiary/aromatic N) is 2. The predicted molar refractivity (Wildman–Crippen MR) is 112 cm³/mol. The summed E-state index contributed by atoms with van der Waals surface area (Å²) in [6.07, 6.45) is 0. The molecule has 0 unspecified atom stereocenters. The van der Waals surface area contributed by atoms with E-state index in [1.54, 1.807) is 13.8 Å². The fourth-order valence-electron chi connectivity index (χ4n) is 2.75. The summed E-state index contributed by atoms with van der Waals surface area (Å²) in [5.41, 5.74) is 1.51. The van der Waals surface area contributed by atoms with Crippen molar-refractivity contribution in [3.8, 4) is 0 Å². The maximum absolute atomic E-state index is 12.2. The van der Waals surface area contributed by atoms with Crippen molar-refractivity contribution in [2.45, 2.75) is 23.6 Å². The molecule has 0 saturated carbocycles. The quantitative estimate of drug-likeness (QED) is 0.291. The fourth-order valence-corrected chi connectivity index (χ4v) is 5.10. The van der Waals surface area contributed by atoms with E-state index in [1.807, 2.05) is 0 Å². The Kier molecular flexibility index (Phi) is 8.34. The molecule has 0 radical (unpaired) electrons. The molecule has 9 nitrogen and oxygen atoms in total. The van der Waals surface area contributed by atoms with Gasteiger partial charge in [0.2, 0.25) is 10.0 Å². The van der Waals surface area contributed by atoms with Crippen molar-refractivity contribution in [2.24, 2.45) is 10.2 Å². The molecule has 1 heterocycles. The topological polar surface area (TPSA) is 144 Å². The summed E-state index contributed by atoms with van der Waals surface area (Å²) in [6.45, 7) is 3.52. The van der Waals surface area contributed by atoms with E-state index in [4.69, 9.17) is 23.2 Å². The van der Waals surface area contributed by atoms with E-state index in [0.29, 0.717) is 22.3 Å². The van der Waals surface area contributed by atoms with Crippen molar-refractivity contribution in [1.29, 1.82) is 0 Å². The van der Waals surface area contributed by atoms with Crippen molar-refractivity contribution < 1.29 is 50.9 Å². The molecular weight excluding hydrogens is 498 g/mol. The minimum absolute atomic E-state index is 0. The first-order valence-corrected chi connectivity index (χ1v) is 12.1. The van der Waals surface area contributed by atoms with Gasteiger partial charge in [0, 0.05) is 23.1 Å². The molecule has 14 heteroatoms. The zero-order chi connectivity index (χ0) is 22.3. The third kappa shape index (κ3) is 5.67. The van der Waals surface area contributed by atoms with Crippen LogP contribution in [0.4, 0.5) is 11.4 Å². The van der Waals surface area contributed by atoms with Crippen molar-refractivity contribution in [3.63, 3.8) is 0 Å². The average Bonchev–Trinajstić information content (AvgIpc) is 2.95. The van der Waals surface area contributed by atoms with E-state index < -0.39 is 20.1 Å². The molecule has 0 aliphatic carbocycles. The van der Waals surface area contributed by atoms with Crippen molar-refractivity contribution >= 4 is 65.6 Å². The number of aromatic amines is 1. The number of fused-ring (bicyclic) bond motifs is 1. The molecule has 0 amide bonds. The van der Waals surface area contributed by atoms with E-state index in [2.05, 4.69) is 19.9 Å². The Morgan fingerprint density at radius 3 is 2.35 bits per heavy atom. The van der Waals surface area contributed by atoms with Crippen LogP contribution in [0, 0.1) is 6.92 Å². The summed E-state index contributed by atoms with van der Waals surface area (Å²) in [4.78, 5) is 2.40. The fraction of sp³-hybridized carbons (Fsp3) is 0.176. The maximum Gasteiger partial charge on any atom is 1.00 e. The molecule has 0 fully saturated rings. The Labute approximate surface area is 211 Å². The molecule has 1 aromatic heterocycles. The zero-order valence-electron chi connectivity index (χ0n) is 16.6. The van der Waals surface area contributed by atoms with Gasteiger partial charge in [-0.25, -0.2) is 21.6 Å². The molecular formula is C17H15Cl2N4NaO5S2. The van der Waals surface area contributed by atoms with Crippen LogP contribution >= 0.6 is 23.2 Å². The molecule has 0 aliphatic heterocycles. The van der Waals surface area contributed by atoms with Gasteiger partial charge in [0.05, 0.1) is 14.9 Å². The van der Waals surface area contributed by atoms with Gasteiger partial charge >= 0.3 is 29.6 Å². The maximum atomic E-state index is 12.2. The average molecular weight is 513 g/mol. The number of azo groups is 1. The Morgan fingerprint density at radius 2 is 1.74 bits per heavy atom. The van der Waals surface area contributed by atoms with Gasteiger partial charge in [0.1, 0.15) is 26.4 Å². The second-order valence-corrected chi connectivity index (χ2v) is 10.1. The second kappa shape index (κ2) is 9.86. The minimum Gasteiger partial charge on any atom is -0.744 e. The van der Waals surface area contributed by atoms with Gasteiger partial charge in [0.15, 0.2) is 0 Å². The number of aryl methyl sites for hydroxylation is 1. The molecule has 31 heavy (non-hydrogen) atoms. The van der Waals surface area contributed by atoms with E-state index in [1.165, 1.54) is 30.3 Å². The van der Waals surface area contributed by atoms with Crippen LogP contribution < -0.4 is 34.3 Å². The van der Waals surface area contributed by atoms with Gasteiger partial charge in [-0.2, -0.15) is 0 Å². The summed E-state index contributed by atoms with van der Waals surface area (Å²) in [5, 5.41) is 8.69. The smallest absolute Gasteiger partial charge is 0.744 e. The molecule has 3 rings (SSSR count). The number of rotatable bonds is 6. The van der Waals surface area contributed by atoms with Crippen molar-refractivity contribution in [3.05, 3.63) is 46.1 Å². The molecule has 0 aliphatic rings. The van der Waals surface area contributed by atoms with E-state index >= 15 is 0 Å². The summed E-state index contributed by atoms with van der Waals surface area (Å²) in [6, 6.07) is 6.31. The van der Waals surface area contributed by atoms with Crippen LogP contribution in [-0.4, -0.2) is 32.9 Å². The number of halogens is 2. The van der Waals surface area contributed by atoms with E-state index in [-0.39, 0.29) is 61.6 Å². The number of aromatic nitrogens is 1. The van der Waals surface area contributed by atoms with Crippen molar-refractivity contribution in [2.75, 3.05) is 6.54 Å². The van der Waals surface area contributed by atoms with Crippen LogP contribution in [0.25, 0.3) is 10.9 Å². The van der Waals surface area contributed by atoms with Gasteiger partial charge in [0.25, 0.3) is 0 Å². The third-order valence-electron chi connectivity index (χ3n) is 4.10. The molecule has 0 spiro atoms. The van der Waals surface area contributed by atoms with Crippen LogP contribution in [0.15, 0.2) is 50.4 Å². The Bertz CT molecular complexity index is 1390. The van der Waals surface area contributed by atoms with Crippen LogP contribution in [0.2, 0.25) is 10.0 Å². The summed E-state index contributed by atoms with van der Waals surface area (Å²) in [5.74, 6) is 0. The number of sulfonamides is 1. The summed E-state index contributed by atoms with van der Waals surface area (Å²) in [7, 11) is -8.40. The number of benzene rings is 2. The van der Waals surface area contributed by atoms with Gasteiger partial charge in [-0.15, -0.1) is 10.2 Å². The molecule has 3 aromatic rings. The Morgan fingerprint density at radius 1 is 1.06 bits per heavy atom. The molecule has 160 valence electrons.